The highest BCUT2D eigenvalue weighted by atomic mass is 16.6. The van der Waals surface area contributed by atoms with E-state index in [2.05, 4.69) is 31.2 Å². The third-order valence-electron chi connectivity index (χ3n) is 7.63. The van der Waals surface area contributed by atoms with Crippen molar-refractivity contribution in [3.8, 4) is 5.75 Å². The quantitative estimate of drug-likeness (QED) is 0.716. The van der Waals surface area contributed by atoms with Crippen LogP contribution in [0, 0.1) is 29.6 Å². The molecule has 3 aliphatic rings. The molecule has 0 radical (unpaired) electrons. The summed E-state index contributed by atoms with van der Waals surface area (Å²) >= 11 is 0. The Labute approximate surface area is 184 Å². The lowest BCUT2D eigenvalue weighted by Gasteiger charge is -2.45. The smallest absolute Gasteiger partial charge is 0.309 e. The van der Waals surface area contributed by atoms with Gasteiger partial charge in [-0.2, -0.15) is 0 Å². The number of hydrogen-bond acceptors (Lipinski definition) is 5. The molecule has 2 N–H and O–H groups in total. The van der Waals surface area contributed by atoms with E-state index < -0.39 is 0 Å². The molecule has 164 valence electrons. The molecule has 0 unspecified atom stereocenters. The first kappa shape index (κ1) is 20.5. The lowest BCUT2D eigenvalue weighted by molar-refractivity contribution is -0.144. The van der Waals surface area contributed by atoms with Gasteiger partial charge in [0, 0.05) is 17.8 Å². The van der Waals surface area contributed by atoms with Crippen molar-refractivity contribution in [3.05, 3.63) is 42.1 Å². The number of hydrogen-bond donors (Lipinski definition) is 1. The molecular weight excluding hydrogens is 388 g/mol. The molecule has 1 aliphatic heterocycles. The van der Waals surface area contributed by atoms with Crippen molar-refractivity contribution in [1.29, 1.82) is 0 Å². The molecule has 2 saturated carbocycles. The summed E-state index contributed by atoms with van der Waals surface area (Å²) in [4.78, 5) is 17.3. The number of esters is 1. The number of nitrogens with two attached hydrogens (primary N) is 1. The van der Waals surface area contributed by atoms with Crippen LogP contribution in [0.1, 0.15) is 44.7 Å². The Morgan fingerprint density at radius 1 is 1.23 bits per heavy atom. The van der Waals surface area contributed by atoms with E-state index in [0.29, 0.717) is 36.8 Å². The highest BCUT2D eigenvalue weighted by Gasteiger charge is 2.53. The molecule has 0 spiro atoms. The first-order chi connectivity index (χ1) is 15.1. The van der Waals surface area contributed by atoms with E-state index in [1.165, 1.54) is 25.7 Å². The van der Waals surface area contributed by atoms with Crippen LogP contribution in [0.2, 0.25) is 0 Å². The molecule has 2 aromatic rings. The average Bonchev–Trinajstić information content (AvgIpc) is 3.08. The number of fused-ring (bicyclic) bond motifs is 3. The molecule has 2 aliphatic carbocycles. The molecule has 1 aromatic heterocycles. The maximum Gasteiger partial charge on any atom is 0.309 e. The third-order valence-corrected chi connectivity index (χ3v) is 7.63. The Bertz CT molecular complexity index is 988. The topological polar surface area (TPSA) is 74.4 Å². The molecule has 3 fully saturated rings. The molecule has 2 heterocycles. The lowest BCUT2D eigenvalue weighted by atomic mass is 9.57. The molecule has 5 rings (SSSR count). The van der Waals surface area contributed by atoms with Crippen LogP contribution in [0.15, 0.2) is 36.4 Å². The minimum absolute atomic E-state index is 0.00605. The number of carbonyl (C=O) groups is 1. The molecule has 0 amide bonds. The fraction of sp³-hybridized carbons (Fsp3) is 0.538. The Hall–Kier alpha value is -2.40. The van der Waals surface area contributed by atoms with Crippen LogP contribution in [0.4, 0.5) is 0 Å². The number of pyridine rings is 1. The van der Waals surface area contributed by atoms with Gasteiger partial charge in [0.15, 0.2) is 0 Å². The molecular formula is C26H32N2O3. The van der Waals surface area contributed by atoms with Crippen LogP contribution in [0.25, 0.3) is 17.0 Å². The number of allylic oxidation sites excluding steroid dienone is 1. The van der Waals surface area contributed by atoms with Gasteiger partial charge in [0.1, 0.15) is 18.5 Å². The van der Waals surface area contributed by atoms with Crippen LogP contribution in [0.5, 0.6) is 5.75 Å². The van der Waals surface area contributed by atoms with Crippen molar-refractivity contribution >= 4 is 22.9 Å². The third kappa shape index (κ3) is 3.96. The Balaban J connectivity index is 1.40. The molecule has 5 nitrogen and oxygen atoms in total. The summed E-state index contributed by atoms with van der Waals surface area (Å²) in [6.45, 7) is 3.08. The fourth-order valence-corrected chi connectivity index (χ4v) is 6.27. The zero-order valence-corrected chi connectivity index (χ0v) is 18.2. The summed E-state index contributed by atoms with van der Waals surface area (Å²) in [7, 11) is 0. The van der Waals surface area contributed by atoms with Crippen molar-refractivity contribution < 1.29 is 14.3 Å². The number of aromatic nitrogens is 1. The number of cyclic esters (lactones) is 1. The predicted molar refractivity (Wildman–Crippen MR) is 121 cm³/mol. The Morgan fingerprint density at radius 3 is 2.97 bits per heavy atom. The van der Waals surface area contributed by atoms with E-state index in [1.54, 1.807) is 0 Å². The standard InChI is InChI=1S/C26H32N2O3/c1-16-25-22(21-5-3-2-4-17(21)15-23(25)26(29)31-16)10-8-19-7-6-18-14-20(30-13-12-27)9-11-24(18)28-19/h6-11,14,16-17,21-23,25H,2-5,12-13,15,27H2,1H3/b10-8+/t16-,17+,21-,22+,23-,25+/m1/s1. The molecule has 0 bridgehead atoms. The number of nitrogens with zero attached hydrogens (tertiary/aromatic N) is 1. The van der Waals surface area contributed by atoms with Gasteiger partial charge in [-0.15, -0.1) is 0 Å². The van der Waals surface area contributed by atoms with Crippen LogP contribution in [0.3, 0.4) is 0 Å². The van der Waals surface area contributed by atoms with Crippen LogP contribution < -0.4 is 10.5 Å². The normalized spacial score (nSPS) is 32.6. The zero-order valence-electron chi connectivity index (χ0n) is 18.2. The van der Waals surface area contributed by atoms with Gasteiger partial charge in [-0.1, -0.05) is 31.4 Å². The largest absolute Gasteiger partial charge is 0.492 e. The van der Waals surface area contributed by atoms with Crippen molar-refractivity contribution in [2.75, 3.05) is 13.2 Å². The van der Waals surface area contributed by atoms with Crippen molar-refractivity contribution in [1.82, 2.24) is 4.98 Å². The highest BCUT2D eigenvalue weighted by molar-refractivity contribution is 5.81. The van der Waals surface area contributed by atoms with E-state index in [0.717, 1.165) is 28.8 Å². The molecule has 6 atom stereocenters. The van der Waals surface area contributed by atoms with Gasteiger partial charge < -0.3 is 15.2 Å². The first-order valence-corrected chi connectivity index (χ1v) is 11.8. The molecule has 31 heavy (non-hydrogen) atoms. The number of ether oxygens (including phenoxy) is 2. The predicted octanol–water partition coefficient (Wildman–Crippen LogP) is 4.59. The van der Waals surface area contributed by atoms with Gasteiger partial charge in [0.25, 0.3) is 0 Å². The van der Waals surface area contributed by atoms with Gasteiger partial charge in [-0.3, -0.25) is 4.79 Å². The van der Waals surface area contributed by atoms with Gasteiger partial charge in [0.05, 0.1) is 17.1 Å². The Morgan fingerprint density at radius 2 is 2.10 bits per heavy atom. The van der Waals surface area contributed by atoms with Crippen LogP contribution in [-0.2, 0) is 9.53 Å². The molecule has 1 aromatic carbocycles. The maximum absolute atomic E-state index is 12.5. The van der Waals surface area contributed by atoms with Crippen molar-refractivity contribution in [2.24, 2.45) is 35.3 Å². The van der Waals surface area contributed by atoms with Crippen molar-refractivity contribution in [2.45, 2.75) is 45.1 Å². The summed E-state index contributed by atoms with van der Waals surface area (Å²) in [6.07, 6.45) is 10.6. The van der Waals surface area contributed by atoms with E-state index in [1.807, 2.05) is 18.2 Å². The lowest BCUT2D eigenvalue weighted by Crippen LogP contribution is -2.42. The summed E-state index contributed by atoms with van der Waals surface area (Å²) in [5, 5.41) is 1.06. The van der Waals surface area contributed by atoms with E-state index in [9.17, 15) is 4.79 Å². The first-order valence-electron chi connectivity index (χ1n) is 11.8. The summed E-state index contributed by atoms with van der Waals surface area (Å²) in [5.74, 6) is 2.90. The van der Waals surface area contributed by atoms with Crippen LogP contribution in [-0.4, -0.2) is 30.2 Å². The molecule has 5 heteroatoms. The summed E-state index contributed by atoms with van der Waals surface area (Å²) < 4.78 is 11.3. The number of benzene rings is 1. The SMILES string of the molecule is C[C@H]1OC(=O)[C@@H]2C[C@@H]3CCCC[C@H]3[C@H](/C=C/c3ccc4cc(OCCN)ccc4n3)[C@H]12. The average molecular weight is 421 g/mol. The van der Waals surface area contributed by atoms with Gasteiger partial charge in [-0.25, -0.2) is 4.98 Å². The fourth-order valence-electron chi connectivity index (χ4n) is 6.27. The van der Waals surface area contributed by atoms with Crippen LogP contribution >= 0.6 is 0 Å². The Kier molecular flexibility index (Phi) is 5.70. The number of carbonyl (C=O) groups excluding carboxylic acids is 1. The summed E-state index contributed by atoms with van der Waals surface area (Å²) in [5.41, 5.74) is 7.43. The molecule has 1 saturated heterocycles. The monoisotopic (exact) mass is 420 g/mol. The van der Waals surface area contributed by atoms with Gasteiger partial charge >= 0.3 is 5.97 Å². The van der Waals surface area contributed by atoms with E-state index in [-0.39, 0.29) is 18.0 Å². The minimum Gasteiger partial charge on any atom is -0.492 e. The minimum atomic E-state index is 0.00605. The van der Waals surface area contributed by atoms with Gasteiger partial charge in [-0.05, 0) is 67.9 Å². The highest BCUT2D eigenvalue weighted by Crippen LogP contribution is 2.53. The zero-order chi connectivity index (χ0) is 21.4. The maximum atomic E-state index is 12.5. The van der Waals surface area contributed by atoms with Gasteiger partial charge in [0.2, 0.25) is 0 Å². The second-order valence-electron chi connectivity index (χ2n) is 9.43. The second kappa shape index (κ2) is 8.62. The van der Waals surface area contributed by atoms with E-state index in [4.69, 9.17) is 20.2 Å². The second-order valence-corrected chi connectivity index (χ2v) is 9.43. The summed E-state index contributed by atoms with van der Waals surface area (Å²) in [6, 6.07) is 10.1. The van der Waals surface area contributed by atoms with Crippen molar-refractivity contribution in [3.63, 3.8) is 0 Å². The van der Waals surface area contributed by atoms with E-state index >= 15 is 0 Å². The number of rotatable bonds is 5.